The molecule has 0 amide bonds. The van der Waals surface area contributed by atoms with E-state index in [1.165, 1.54) is 0 Å². The third kappa shape index (κ3) is 1.04. The van der Waals surface area contributed by atoms with Gasteiger partial charge in [-0.25, -0.2) is 4.79 Å². The molecule has 1 aliphatic rings. The molecule has 1 aliphatic heterocycles. The Labute approximate surface area is 52.1 Å². The standard InChI is InChI=1S/C5H8O4/c1-3-2-5(7,8)4(6)9-3/h3,7-8H,2H2,1H3. The maximum atomic E-state index is 10.4. The lowest BCUT2D eigenvalue weighted by Gasteiger charge is -2.05. The molecule has 0 bridgehead atoms. The highest BCUT2D eigenvalue weighted by atomic mass is 16.6. The van der Waals surface area contributed by atoms with Crippen LogP contribution in [0.5, 0.6) is 0 Å². The molecule has 0 saturated carbocycles. The predicted molar refractivity (Wildman–Crippen MR) is 27.3 cm³/mol. The van der Waals surface area contributed by atoms with E-state index in [1.54, 1.807) is 6.92 Å². The smallest absolute Gasteiger partial charge is 0.366 e. The lowest BCUT2D eigenvalue weighted by molar-refractivity contribution is -0.189. The van der Waals surface area contributed by atoms with Gasteiger partial charge in [0, 0.05) is 6.42 Å². The van der Waals surface area contributed by atoms with Crippen LogP contribution in [-0.2, 0) is 9.53 Å². The first kappa shape index (κ1) is 6.51. The van der Waals surface area contributed by atoms with Gasteiger partial charge in [0.2, 0.25) is 0 Å². The van der Waals surface area contributed by atoms with Crippen molar-refractivity contribution in [2.45, 2.75) is 25.2 Å². The Hall–Kier alpha value is -0.610. The highest BCUT2D eigenvalue weighted by Gasteiger charge is 2.44. The fraction of sp³-hybridized carbons (Fsp3) is 0.800. The Morgan fingerprint density at radius 3 is 2.44 bits per heavy atom. The monoisotopic (exact) mass is 132 g/mol. The molecular formula is C5H8O4. The topological polar surface area (TPSA) is 66.8 Å². The first-order chi connectivity index (χ1) is 4.02. The van der Waals surface area contributed by atoms with Crippen molar-refractivity contribution in [2.24, 2.45) is 0 Å². The minimum Gasteiger partial charge on any atom is -0.458 e. The molecule has 52 valence electrons. The Bertz CT molecular complexity index is 140. The molecule has 4 heteroatoms. The number of hydrogen-bond acceptors (Lipinski definition) is 4. The van der Waals surface area contributed by atoms with Gasteiger partial charge in [0.25, 0.3) is 5.79 Å². The van der Waals surface area contributed by atoms with Gasteiger partial charge in [0.05, 0.1) is 0 Å². The van der Waals surface area contributed by atoms with E-state index in [4.69, 9.17) is 10.2 Å². The molecular weight excluding hydrogens is 124 g/mol. The van der Waals surface area contributed by atoms with Crippen molar-refractivity contribution >= 4 is 5.97 Å². The second-order valence-corrected chi connectivity index (χ2v) is 2.24. The van der Waals surface area contributed by atoms with Crippen molar-refractivity contribution in [3.05, 3.63) is 0 Å². The van der Waals surface area contributed by atoms with Crippen LogP contribution in [0.25, 0.3) is 0 Å². The summed E-state index contributed by atoms with van der Waals surface area (Å²) in [5.74, 6) is -3.19. The molecule has 0 aromatic heterocycles. The number of esters is 1. The van der Waals surface area contributed by atoms with Crippen LogP contribution in [0, 0.1) is 0 Å². The molecule has 0 spiro atoms. The lowest BCUT2D eigenvalue weighted by Crippen LogP contribution is -2.33. The minimum atomic E-state index is -2.24. The van der Waals surface area contributed by atoms with Gasteiger partial charge in [-0.05, 0) is 6.92 Å². The Kier molecular flexibility index (Phi) is 1.22. The van der Waals surface area contributed by atoms with Gasteiger partial charge in [-0.3, -0.25) is 0 Å². The number of rotatable bonds is 0. The van der Waals surface area contributed by atoms with Gasteiger partial charge < -0.3 is 14.9 Å². The van der Waals surface area contributed by atoms with Gasteiger partial charge in [0.15, 0.2) is 0 Å². The predicted octanol–water partition coefficient (Wildman–Crippen LogP) is -0.997. The van der Waals surface area contributed by atoms with Gasteiger partial charge in [0.1, 0.15) is 6.10 Å². The number of aliphatic hydroxyl groups is 2. The third-order valence-corrected chi connectivity index (χ3v) is 1.21. The van der Waals surface area contributed by atoms with Gasteiger partial charge >= 0.3 is 5.97 Å². The Balaban J connectivity index is 2.70. The summed E-state index contributed by atoms with van der Waals surface area (Å²) >= 11 is 0. The van der Waals surface area contributed by atoms with Crippen LogP contribution in [0.2, 0.25) is 0 Å². The molecule has 0 aromatic rings. The Morgan fingerprint density at radius 2 is 2.33 bits per heavy atom. The molecule has 2 N–H and O–H groups in total. The van der Waals surface area contributed by atoms with Crippen molar-refractivity contribution in [3.8, 4) is 0 Å². The largest absolute Gasteiger partial charge is 0.458 e. The van der Waals surface area contributed by atoms with Crippen molar-refractivity contribution in [3.63, 3.8) is 0 Å². The maximum Gasteiger partial charge on any atom is 0.366 e. The summed E-state index contributed by atoms with van der Waals surface area (Å²) in [5, 5.41) is 17.4. The molecule has 1 unspecified atom stereocenters. The number of hydrogen-bond donors (Lipinski definition) is 2. The number of ether oxygens (including phenoxy) is 1. The first-order valence-corrected chi connectivity index (χ1v) is 2.68. The van der Waals surface area contributed by atoms with Crippen molar-refractivity contribution < 1.29 is 19.7 Å². The van der Waals surface area contributed by atoms with E-state index < -0.39 is 11.8 Å². The molecule has 1 heterocycles. The molecule has 1 fully saturated rings. The first-order valence-electron chi connectivity index (χ1n) is 2.68. The maximum absolute atomic E-state index is 10.4. The summed E-state index contributed by atoms with van der Waals surface area (Å²) in [4.78, 5) is 10.4. The van der Waals surface area contributed by atoms with Crippen LogP contribution in [0.1, 0.15) is 13.3 Å². The zero-order valence-electron chi connectivity index (χ0n) is 5.00. The van der Waals surface area contributed by atoms with Crippen LogP contribution in [0.3, 0.4) is 0 Å². The molecule has 4 nitrogen and oxygen atoms in total. The van der Waals surface area contributed by atoms with E-state index in [0.717, 1.165) is 0 Å². The molecule has 9 heavy (non-hydrogen) atoms. The van der Waals surface area contributed by atoms with E-state index in [-0.39, 0.29) is 12.5 Å². The number of carbonyl (C=O) groups is 1. The minimum absolute atomic E-state index is 0.0359. The van der Waals surface area contributed by atoms with E-state index in [1.807, 2.05) is 0 Å². The van der Waals surface area contributed by atoms with Crippen molar-refractivity contribution in [2.75, 3.05) is 0 Å². The van der Waals surface area contributed by atoms with E-state index in [9.17, 15) is 4.79 Å². The van der Waals surface area contributed by atoms with Crippen molar-refractivity contribution in [1.82, 2.24) is 0 Å². The lowest BCUT2D eigenvalue weighted by atomic mass is 10.2. The molecule has 0 aromatic carbocycles. The molecule has 1 saturated heterocycles. The van der Waals surface area contributed by atoms with Crippen LogP contribution < -0.4 is 0 Å². The highest BCUT2D eigenvalue weighted by Crippen LogP contribution is 2.21. The second kappa shape index (κ2) is 1.68. The molecule has 0 aliphatic carbocycles. The van der Waals surface area contributed by atoms with Crippen LogP contribution >= 0.6 is 0 Å². The quantitative estimate of drug-likeness (QED) is 0.328. The fourth-order valence-corrected chi connectivity index (χ4v) is 0.803. The summed E-state index contributed by atoms with van der Waals surface area (Å²) in [6.45, 7) is 1.60. The van der Waals surface area contributed by atoms with Crippen molar-refractivity contribution in [1.29, 1.82) is 0 Å². The summed E-state index contributed by atoms with van der Waals surface area (Å²) in [7, 11) is 0. The highest BCUT2D eigenvalue weighted by molar-refractivity contribution is 5.79. The van der Waals surface area contributed by atoms with E-state index >= 15 is 0 Å². The molecule has 1 atom stereocenters. The number of carbonyl (C=O) groups excluding carboxylic acids is 1. The Morgan fingerprint density at radius 1 is 1.78 bits per heavy atom. The summed E-state index contributed by atoms with van der Waals surface area (Å²) in [6, 6.07) is 0. The van der Waals surface area contributed by atoms with E-state index in [0.29, 0.717) is 0 Å². The average molecular weight is 132 g/mol. The summed E-state index contributed by atoms with van der Waals surface area (Å²) in [6.07, 6.45) is -0.418. The summed E-state index contributed by atoms with van der Waals surface area (Å²) < 4.78 is 4.44. The van der Waals surface area contributed by atoms with Crippen LogP contribution in [-0.4, -0.2) is 28.1 Å². The normalized spacial score (nSPS) is 32.3. The fourth-order valence-electron chi connectivity index (χ4n) is 0.803. The molecule has 1 rings (SSSR count). The summed E-state index contributed by atoms with van der Waals surface area (Å²) in [5.41, 5.74) is 0. The zero-order valence-corrected chi connectivity index (χ0v) is 5.00. The van der Waals surface area contributed by atoms with Crippen LogP contribution in [0.15, 0.2) is 0 Å². The molecule has 0 radical (unpaired) electrons. The van der Waals surface area contributed by atoms with Gasteiger partial charge in [-0.1, -0.05) is 0 Å². The van der Waals surface area contributed by atoms with Crippen LogP contribution in [0.4, 0.5) is 0 Å². The zero-order chi connectivity index (χ0) is 7.07. The van der Waals surface area contributed by atoms with Gasteiger partial charge in [-0.15, -0.1) is 0 Å². The number of cyclic esters (lactones) is 1. The average Bonchev–Trinajstić information content (AvgIpc) is 1.79. The van der Waals surface area contributed by atoms with Gasteiger partial charge in [-0.2, -0.15) is 0 Å². The van der Waals surface area contributed by atoms with E-state index in [2.05, 4.69) is 4.74 Å². The second-order valence-electron chi connectivity index (χ2n) is 2.24. The SMILES string of the molecule is CC1CC(O)(O)C(=O)O1. The third-order valence-electron chi connectivity index (χ3n) is 1.21.